The number of hydrogen-bond donors (Lipinski definition) is 1. The summed E-state index contributed by atoms with van der Waals surface area (Å²) in [6.07, 6.45) is 2.27. The van der Waals surface area contributed by atoms with Gasteiger partial charge in [-0.25, -0.2) is 5.06 Å². The molecule has 0 unspecified atom stereocenters. The number of pyridine rings is 1. The maximum absolute atomic E-state index is 5.82. The minimum atomic E-state index is 0.0577. The zero-order valence-corrected chi connectivity index (χ0v) is 10.3. The highest BCUT2D eigenvalue weighted by atomic mass is 16.7. The van der Waals surface area contributed by atoms with E-state index >= 15 is 0 Å². The Kier molecular flexibility index (Phi) is 3.68. The summed E-state index contributed by atoms with van der Waals surface area (Å²) < 4.78 is 5.56. The van der Waals surface area contributed by atoms with Gasteiger partial charge in [-0.15, -0.1) is 0 Å². The average molecular weight is 237 g/mol. The van der Waals surface area contributed by atoms with Gasteiger partial charge in [0.05, 0.1) is 18.4 Å². The second-order valence-electron chi connectivity index (χ2n) is 4.37. The van der Waals surface area contributed by atoms with Gasteiger partial charge in [0, 0.05) is 6.54 Å². The maximum Gasteiger partial charge on any atom is 0.239 e. The number of anilines is 2. The molecule has 2 heterocycles. The van der Waals surface area contributed by atoms with E-state index in [9.17, 15) is 0 Å². The van der Waals surface area contributed by atoms with Crippen molar-refractivity contribution in [3.8, 4) is 5.88 Å². The molecule has 2 N–H and O–H groups in total. The van der Waals surface area contributed by atoms with E-state index < -0.39 is 0 Å². The third-order valence-electron chi connectivity index (χ3n) is 2.48. The van der Waals surface area contributed by atoms with Crippen LogP contribution in [0.1, 0.15) is 26.7 Å². The van der Waals surface area contributed by atoms with Gasteiger partial charge < -0.3 is 10.5 Å². The minimum Gasteiger partial charge on any atom is -0.473 e. The Morgan fingerprint density at radius 2 is 2.24 bits per heavy atom. The van der Waals surface area contributed by atoms with Crippen LogP contribution in [-0.2, 0) is 4.84 Å². The number of hydroxylamine groups is 1. The molecule has 1 saturated heterocycles. The Morgan fingerprint density at radius 3 is 2.88 bits per heavy atom. The molecule has 0 radical (unpaired) electrons. The molecule has 1 aromatic heterocycles. The van der Waals surface area contributed by atoms with E-state index in [1.165, 1.54) is 0 Å². The quantitative estimate of drug-likeness (QED) is 0.871. The van der Waals surface area contributed by atoms with E-state index in [1.807, 2.05) is 19.9 Å². The normalized spacial score (nSPS) is 16.3. The number of hydrogen-bond acceptors (Lipinski definition) is 5. The number of nitrogens with zero attached hydrogens (tertiary/aromatic N) is 2. The maximum atomic E-state index is 5.82. The molecular formula is C12H19N3O2. The van der Waals surface area contributed by atoms with Crippen LogP contribution < -0.4 is 15.5 Å². The first kappa shape index (κ1) is 12.0. The van der Waals surface area contributed by atoms with E-state index in [-0.39, 0.29) is 6.10 Å². The Morgan fingerprint density at radius 1 is 1.41 bits per heavy atom. The zero-order valence-electron chi connectivity index (χ0n) is 10.3. The predicted octanol–water partition coefficient (Wildman–Crippen LogP) is 1.98. The van der Waals surface area contributed by atoms with Crippen molar-refractivity contribution in [2.75, 3.05) is 23.9 Å². The Bertz CT molecular complexity index is 376. The first-order valence-corrected chi connectivity index (χ1v) is 6.00. The summed E-state index contributed by atoms with van der Waals surface area (Å²) in [6.45, 7) is 5.50. The summed E-state index contributed by atoms with van der Waals surface area (Å²) >= 11 is 0. The molecule has 0 aliphatic carbocycles. The lowest BCUT2D eigenvalue weighted by Gasteiger charge is -2.27. The average Bonchev–Trinajstić information content (AvgIpc) is 2.32. The Balaban J connectivity index is 2.17. The van der Waals surface area contributed by atoms with Crippen LogP contribution in [0.3, 0.4) is 0 Å². The molecule has 0 amide bonds. The van der Waals surface area contributed by atoms with Gasteiger partial charge in [0.1, 0.15) is 0 Å². The lowest BCUT2D eigenvalue weighted by molar-refractivity contribution is 0.0757. The van der Waals surface area contributed by atoms with Crippen molar-refractivity contribution in [2.24, 2.45) is 0 Å². The molecule has 1 fully saturated rings. The highest BCUT2D eigenvalue weighted by molar-refractivity contribution is 5.53. The zero-order chi connectivity index (χ0) is 12.3. The lowest BCUT2D eigenvalue weighted by Crippen LogP contribution is -2.30. The van der Waals surface area contributed by atoms with Gasteiger partial charge in [0.2, 0.25) is 5.88 Å². The van der Waals surface area contributed by atoms with Crippen LogP contribution in [0.5, 0.6) is 5.88 Å². The number of ether oxygens (including phenoxy) is 1. The molecule has 0 saturated carbocycles. The largest absolute Gasteiger partial charge is 0.473 e. The molecular weight excluding hydrogens is 218 g/mol. The summed E-state index contributed by atoms with van der Waals surface area (Å²) in [5, 5.41) is 1.80. The van der Waals surface area contributed by atoms with Crippen LogP contribution in [0.25, 0.3) is 0 Å². The number of aromatic nitrogens is 1. The fourth-order valence-corrected chi connectivity index (χ4v) is 1.68. The first-order chi connectivity index (χ1) is 8.16. The molecule has 94 valence electrons. The lowest BCUT2D eigenvalue weighted by atomic mass is 10.3. The van der Waals surface area contributed by atoms with Crippen LogP contribution in [0.4, 0.5) is 11.5 Å². The van der Waals surface area contributed by atoms with Crippen molar-refractivity contribution in [1.82, 2.24) is 4.98 Å². The van der Waals surface area contributed by atoms with Gasteiger partial charge in [-0.3, -0.25) is 4.84 Å². The third kappa shape index (κ3) is 3.00. The van der Waals surface area contributed by atoms with Crippen LogP contribution in [-0.4, -0.2) is 24.2 Å². The summed E-state index contributed by atoms with van der Waals surface area (Å²) in [5.41, 5.74) is 6.38. The first-order valence-electron chi connectivity index (χ1n) is 6.00. The second kappa shape index (κ2) is 5.23. The van der Waals surface area contributed by atoms with Crippen molar-refractivity contribution in [1.29, 1.82) is 0 Å². The summed E-state index contributed by atoms with van der Waals surface area (Å²) in [7, 11) is 0. The van der Waals surface area contributed by atoms with Crippen LogP contribution in [0.2, 0.25) is 0 Å². The van der Waals surface area contributed by atoms with Crippen molar-refractivity contribution < 1.29 is 9.57 Å². The van der Waals surface area contributed by atoms with Crippen molar-refractivity contribution in [2.45, 2.75) is 32.8 Å². The number of nitrogens with two attached hydrogens (primary N) is 1. The smallest absolute Gasteiger partial charge is 0.239 e. The monoisotopic (exact) mass is 237 g/mol. The Hall–Kier alpha value is -1.49. The number of nitrogen functional groups attached to an aromatic ring is 1. The summed E-state index contributed by atoms with van der Waals surface area (Å²) in [4.78, 5) is 9.93. The molecule has 2 rings (SSSR count). The molecule has 0 bridgehead atoms. The molecule has 17 heavy (non-hydrogen) atoms. The van der Waals surface area contributed by atoms with Gasteiger partial charge in [-0.1, -0.05) is 0 Å². The van der Waals surface area contributed by atoms with Crippen molar-refractivity contribution in [3.05, 3.63) is 12.1 Å². The van der Waals surface area contributed by atoms with Crippen LogP contribution in [0, 0.1) is 0 Å². The molecule has 1 aromatic rings. The molecule has 5 heteroatoms. The molecule has 0 atom stereocenters. The van der Waals surface area contributed by atoms with E-state index in [0.29, 0.717) is 11.6 Å². The Labute approximate surface area is 101 Å². The fraction of sp³-hybridized carbons (Fsp3) is 0.583. The van der Waals surface area contributed by atoms with Crippen molar-refractivity contribution in [3.63, 3.8) is 0 Å². The van der Waals surface area contributed by atoms with Crippen LogP contribution >= 0.6 is 0 Å². The second-order valence-corrected chi connectivity index (χ2v) is 4.37. The summed E-state index contributed by atoms with van der Waals surface area (Å²) in [6, 6.07) is 3.66. The topological polar surface area (TPSA) is 60.6 Å². The highest BCUT2D eigenvalue weighted by Crippen LogP contribution is 2.25. The van der Waals surface area contributed by atoms with Gasteiger partial charge >= 0.3 is 0 Å². The highest BCUT2D eigenvalue weighted by Gasteiger charge is 2.15. The van der Waals surface area contributed by atoms with E-state index in [2.05, 4.69) is 4.98 Å². The molecule has 1 aliphatic heterocycles. The minimum absolute atomic E-state index is 0.0577. The van der Waals surface area contributed by atoms with Crippen molar-refractivity contribution >= 4 is 11.5 Å². The van der Waals surface area contributed by atoms with E-state index in [1.54, 1.807) is 11.1 Å². The van der Waals surface area contributed by atoms with Gasteiger partial charge in [-0.05, 0) is 38.8 Å². The van der Waals surface area contributed by atoms with E-state index in [0.717, 1.165) is 31.8 Å². The third-order valence-corrected chi connectivity index (χ3v) is 2.48. The standard InChI is InChI=1S/C12H19N3O2/c1-9(2)17-12-10(13)5-6-11(14-12)15-7-3-4-8-16-15/h5-6,9H,3-4,7-8,13H2,1-2H3. The van der Waals surface area contributed by atoms with Crippen LogP contribution in [0.15, 0.2) is 12.1 Å². The molecule has 5 nitrogen and oxygen atoms in total. The molecule has 1 aliphatic rings. The predicted molar refractivity (Wildman–Crippen MR) is 66.9 cm³/mol. The molecule has 0 spiro atoms. The SMILES string of the molecule is CC(C)Oc1nc(N2CCCCO2)ccc1N. The summed E-state index contributed by atoms with van der Waals surface area (Å²) in [5.74, 6) is 1.24. The molecule has 0 aromatic carbocycles. The number of rotatable bonds is 3. The van der Waals surface area contributed by atoms with Gasteiger partial charge in [0.15, 0.2) is 5.82 Å². The van der Waals surface area contributed by atoms with Gasteiger partial charge in [-0.2, -0.15) is 4.98 Å². The van der Waals surface area contributed by atoms with Gasteiger partial charge in [0.25, 0.3) is 0 Å². The fourth-order valence-electron chi connectivity index (χ4n) is 1.68. The van der Waals surface area contributed by atoms with E-state index in [4.69, 9.17) is 15.3 Å².